The molecule has 9 heteroatoms. The van der Waals surface area contributed by atoms with E-state index in [9.17, 15) is 4.79 Å². The second-order valence-corrected chi connectivity index (χ2v) is 8.67. The van der Waals surface area contributed by atoms with Gasteiger partial charge in [-0.3, -0.25) is 4.79 Å². The smallest absolute Gasteiger partial charge is 0.257 e. The normalized spacial score (nSPS) is 11.1. The number of fused-ring (bicyclic) bond motifs is 1. The molecule has 1 amide bonds. The van der Waals surface area contributed by atoms with E-state index in [1.807, 2.05) is 55.5 Å². The van der Waals surface area contributed by atoms with Gasteiger partial charge in [-0.2, -0.15) is 5.10 Å². The zero-order chi connectivity index (χ0) is 23.9. The highest BCUT2D eigenvalue weighted by Crippen LogP contribution is 2.36. The number of carbonyl (C=O) groups is 1. The van der Waals surface area contributed by atoms with Crippen LogP contribution in [0.25, 0.3) is 11.1 Å². The van der Waals surface area contributed by atoms with Crippen LogP contribution < -0.4 is 14.9 Å². The first-order valence-electron chi connectivity index (χ1n) is 10.4. The number of thioether (sulfide) groups is 1. The van der Waals surface area contributed by atoms with Gasteiger partial charge in [0.25, 0.3) is 11.1 Å². The van der Waals surface area contributed by atoms with Gasteiger partial charge in [-0.25, -0.2) is 10.4 Å². The van der Waals surface area contributed by atoms with E-state index in [1.54, 1.807) is 12.1 Å². The molecule has 0 bridgehead atoms. The Morgan fingerprint density at radius 2 is 2.00 bits per heavy atom. The Bertz CT molecular complexity index is 1290. The number of hydrogen-bond acceptors (Lipinski definition) is 7. The standard InChI is InChI=1S/C25H22ClN3O4S/c1-16-7-9-17(10-8-16)14-32-24-19(26)11-18(12-22(24)31-2)13-27-29-23(30)15-34-25-28-20-5-3-4-6-21(20)33-25/h3-13H,14-15H2,1-2H3,(H,29,30)/b27-13+. The Balaban J connectivity index is 1.33. The van der Waals surface area contributed by atoms with Gasteiger partial charge in [-0.05, 0) is 42.3 Å². The SMILES string of the molecule is COc1cc(/C=N/NC(=O)CSc2nc3ccccc3o2)cc(Cl)c1OCc1ccc(C)cc1. The molecule has 0 spiro atoms. The molecule has 7 nitrogen and oxygen atoms in total. The van der Waals surface area contributed by atoms with E-state index >= 15 is 0 Å². The Kier molecular flexibility index (Phi) is 7.72. The molecule has 0 aliphatic rings. The highest BCUT2D eigenvalue weighted by molar-refractivity contribution is 7.99. The van der Waals surface area contributed by atoms with Crippen LogP contribution in [0.3, 0.4) is 0 Å². The molecule has 0 radical (unpaired) electrons. The topological polar surface area (TPSA) is 86.0 Å². The first kappa shape index (κ1) is 23.7. The van der Waals surface area contributed by atoms with E-state index in [4.69, 9.17) is 25.5 Å². The Hall–Kier alpha value is -3.49. The minimum absolute atomic E-state index is 0.111. The third-order valence-corrected chi connectivity index (χ3v) is 5.87. The van der Waals surface area contributed by atoms with Crippen molar-refractivity contribution >= 4 is 46.6 Å². The first-order valence-corrected chi connectivity index (χ1v) is 11.7. The van der Waals surface area contributed by atoms with Crippen LogP contribution in [0.4, 0.5) is 0 Å². The molecule has 174 valence electrons. The molecule has 0 atom stereocenters. The lowest BCUT2D eigenvalue weighted by molar-refractivity contribution is -0.118. The minimum atomic E-state index is -0.292. The molecule has 0 saturated heterocycles. The van der Waals surface area contributed by atoms with Crippen molar-refractivity contribution in [3.63, 3.8) is 0 Å². The summed E-state index contributed by atoms with van der Waals surface area (Å²) in [5.74, 6) is 0.735. The minimum Gasteiger partial charge on any atom is -0.493 e. The number of nitrogens with zero attached hydrogens (tertiary/aromatic N) is 2. The van der Waals surface area contributed by atoms with Gasteiger partial charge in [-0.15, -0.1) is 0 Å². The largest absolute Gasteiger partial charge is 0.493 e. The lowest BCUT2D eigenvalue weighted by atomic mass is 10.1. The number of amides is 1. The van der Waals surface area contributed by atoms with Gasteiger partial charge < -0.3 is 13.9 Å². The maximum Gasteiger partial charge on any atom is 0.257 e. The number of carbonyl (C=O) groups excluding carboxylic acids is 1. The quantitative estimate of drug-likeness (QED) is 0.184. The number of para-hydroxylation sites is 2. The summed E-state index contributed by atoms with van der Waals surface area (Å²) >= 11 is 7.62. The van der Waals surface area contributed by atoms with E-state index in [-0.39, 0.29) is 11.7 Å². The highest BCUT2D eigenvalue weighted by Gasteiger charge is 2.12. The third-order valence-electron chi connectivity index (χ3n) is 4.76. The number of aryl methyl sites for hydroxylation is 1. The Morgan fingerprint density at radius 1 is 1.21 bits per heavy atom. The molecule has 1 aromatic heterocycles. The maximum absolute atomic E-state index is 12.1. The monoisotopic (exact) mass is 495 g/mol. The zero-order valence-corrected chi connectivity index (χ0v) is 20.2. The van der Waals surface area contributed by atoms with Crippen molar-refractivity contribution in [3.8, 4) is 11.5 Å². The summed E-state index contributed by atoms with van der Waals surface area (Å²) in [5, 5.41) is 4.81. The number of hydrogen-bond donors (Lipinski definition) is 1. The fourth-order valence-corrected chi connectivity index (χ4v) is 3.95. The van der Waals surface area contributed by atoms with Crippen LogP contribution in [0.1, 0.15) is 16.7 Å². The summed E-state index contributed by atoms with van der Waals surface area (Å²) < 4.78 is 16.9. The number of rotatable bonds is 9. The number of oxazole rings is 1. The average Bonchev–Trinajstić information content (AvgIpc) is 3.26. The molecule has 1 heterocycles. The number of methoxy groups -OCH3 is 1. The van der Waals surface area contributed by atoms with Gasteiger partial charge >= 0.3 is 0 Å². The van der Waals surface area contributed by atoms with E-state index in [2.05, 4.69) is 15.5 Å². The van der Waals surface area contributed by atoms with Gasteiger partial charge in [0.1, 0.15) is 12.1 Å². The van der Waals surface area contributed by atoms with Crippen LogP contribution in [-0.2, 0) is 11.4 Å². The number of halogens is 1. The molecule has 0 aliphatic heterocycles. The number of aromatic nitrogens is 1. The van der Waals surface area contributed by atoms with Gasteiger partial charge in [0, 0.05) is 0 Å². The van der Waals surface area contributed by atoms with E-state index in [0.29, 0.717) is 39.5 Å². The number of benzene rings is 3. The Morgan fingerprint density at radius 3 is 2.76 bits per heavy atom. The molecular weight excluding hydrogens is 474 g/mol. The van der Waals surface area contributed by atoms with Crippen LogP contribution in [0, 0.1) is 6.92 Å². The van der Waals surface area contributed by atoms with Gasteiger partial charge in [0.15, 0.2) is 17.1 Å². The molecule has 34 heavy (non-hydrogen) atoms. The second-order valence-electron chi connectivity index (χ2n) is 7.34. The van der Waals surface area contributed by atoms with Crippen LogP contribution >= 0.6 is 23.4 Å². The van der Waals surface area contributed by atoms with E-state index in [0.717, 1.165) is 11.1 Å². The second kappa shape index (κ2) is 11.1. The highest BCUT2D eigenvalue weighted by atomic mass is 35.5. The fraction of sp³-hybridized carbons (Fsp3) is 0.160. The van der Waals surface area contributed by atoms with E-state index in [1.165, 1.54) is 30.6 Å². The van der Waals surface area contributed by atoms with Gasteiger partial charge in [0.2, 0.25) is 0 Å². The number of nitrogens with one attached hydrogen (secondary N) is 1. The third kappa shape index (κ3) is 6.09. The van der Waals surface area contributed by atoms with Crippen molar-refractivity contribution in [2.75, 3.05) is 12.9 Å². The number of ether oxygens (including phenoxy) is 2. The summed E-state index contributed by atoms with van der Waals surface area (Å²) in [6, 6.07) is 18.9. The molecule has 0 saturated carbocycles. The van der Waals surface area contributed by atoms with Crippen LogP contribution in [0.2, 0.25) is 5.02 Å². The molecule has 4 rings (SSSR count). The summed E-state index contributed by atoms with van der Waals surface area (Å²) in [4.78, 5) is 16.4. The summed E-state index contributed by atoms with van der Waals surface area (Å²) in [6.45, 7) is 2.39. The zero-order valence-electron chi connectivity index (χ0n) is 18.6. The van der Waals surface area contributed by atoms with Crippen molar-refractivity contribution in [2.45, 2.75) is 18.8 Å². The predicted octanol–water partition coefficient (Wildman–Crippen LogP) is 5.62. The van der Waals surface area contributed by atoms with Crippen molar-refractivity contribution in [1.29, 1.82) is 0 Å². The molecular formula is C25H22ClN3O4S. The average molecular weight is 496 g/mol. The summed E-state index contributed by atoms with van der Waals surface area (Å²) in [5.41, 5.74) is 6.77. The maximum atomic E-state index is 12.1. The van der Waals surface area contributed by atoms with Gasteiger partial charge in [-0.1, -0.05) is 65.3 Å². The predicted molar refractivity (Wildman–Crippen MR) is 134 cm³/mol. The molecule has 4 aromatic rings. The van der Waals surface area contributed by atoms with Crippen molar-refractivity contribution < 1.29 is 18.7 Å². The van der Waals surface area contributed by atoms with Crippen molar-refractivity contribution in [3.05, 3.63) is 82.4 Å². The van der Waals surface area contributed by atoms with E-state index < -0.39 is 0 Å². The van der Waals surface area contributed by atoms with Crippen LogP contribution in [0.15, 0.2) is 75.4 Å². The Labute approximate surface area is 206 Å². The molecule has 1 N–H and O–H groups in total. The fourth-order valence-electron chi connectivity index (χ4n) is 3.05. The summed E-state index contributed by atoms with van der Waals surface area (Å²) in [6.07, 6.45) is 1.49. The molecule has 3 aromatic carbocycles. The first-order chi connectivity index (χ1) is 16.5. The molecule has 0 fully saturated rings. The van der Waals surface area contributed by atoms with Crippen LogP contribution in [-0.4, -0.2) is 30.0 Å². The summed E-state index contributed by atoms with van der Waals surface area (Å²) in [7, 11) is 1.54. The molecule has 0 aliphatic carbocycles. The lowest BCUT2D eigenvalue weighted by Gasteiger charge is -2.13. The van der Waals surface area contributed by atoms with Crippen molar-refractivity contribution in [1.82, 2.24) is 10.4 Å². The number of hydrazone groups is 1. The molecule has 0 unspecified atom stereocenters. The van der Waals surface area contributed by atoms with Crippen molar-refractivity contribution in [2.24, 2.45) is 5.10 Å². The lowest BCUT2D eigenvalue weighted by Crippen LogP contribution is -2.19. The van der Waals surface area contributed by atoms with Crippen LogP contribution in [0.5, 0.6) is 11.5 Å². The van der Waals surface area contributed by atoms with Gasteiger partial charge in [0.05, 0.1) is 24.1 Å².